The summed E-state index contributed by atoms with van der Waals surface area (Å²) in [7, 11) is 0. The molecule has 0 saturated heterocycles. The minimum Gasteiger partial charge on any atom is -0.398 e. The van der Waals surface area contributed by atoms with Crippen LogP contribution in [0.15, 0.2) is 52.3 Å². The van der Waals surface area contributed by atoms with Crippen molar-refractivity contribution in [1.29, 1.82) is 0 Å². The smallest absolute Gasteiger partial charge is 0.0514 e. The topological polar surface area (TPSA) is 38.0 Å². The fourth-order valence-corrected chi connectivity index (χ4v) is 3.12. The number of nitrogen functional groups attached to an aromatic ring is 1. The van der Waals surface area contributed by atoms with Gasteiger partial charge in [0.05, 0.1) is 6.54 Å². The van der Waals surface area contributed by atoms with Crippen molar-refractivity contribution < 1.29 is 0 Å². The Hall–Kier alpha value is -1.52. The predicted molar refractivity (Wildman–Crippen MR) is 87.7 cm³/mol. The third kappa shape index (κ3) is 2.74. The largest absolute Gasteiger partial charge is 0.398 e. The van der Waals surface area contributed by atoms with Crippen LogP contribution in [0.25, 0.3) is 10.8 Å². The van der Waals surface area contributed by atoms with Gasteiger partial charge in [0, 0.05) is 20.7 Å². The maximum atomic E-state index is 5.88. The van der Waals surface area contributed by atoms with Crippen molar-refractivity contribution in [3.63, 3.8) is 0 Å². The SMILES string of the molecule is Nc1ccsc1CNc1ccc2cc(Br)ccc2c1. The first-order valence-electron chi connectivity index (χ1n) is 5.97. The quantitative estimate of drug-likeness (QED) is 0.718. The lowest BCUT2D eigenvalue weighted by atomic mass is 10.1. The van der Waals surface area contributed by atoms with Crippen molar-refractivity contribution in [2.75, 3.05) is 11.1 Å². The van der Waals surface area contributed by atoms with Gasteiger partial charge in [-0.05, 0) is 46.5 Å². The molecule has 3 N–H and O–H groups in total. The van der Waals surface area contributed by atoms with Crippen LogP contribution in [0, 0.1) is 0 Å². The van der Waals surface area contributed by atoms with Crippen LogP contribution in [-0.2, 0) is 6.54 Å². The maximum absolute atomic E-state index is 5.88. The van der Waals surface area contributed by atoms with Crippen molar-refractivity contribution in [3.8, 4) is 0 Å². The van der Waals surface area contributed by atoms with Gasteiger partial charge in [-0.3, -0.25) is 0 Å². The maximum Gasteiger partial charge on any atom is 0.0514 e. The van der Waals surface area contributed by atoms with Crippen molar-refractivity contribution in [2.45, 2.75) is 6.54 Å². The molecule has 96 valence electrons. The Morgan fingerprint density at radius 2 is 1.84 bits per heavy atom. The summed E-state index contributed by atoms with van der Waals surface area (Å²) < 4.78 is 1.10. The average molecular weight is 333 g/mol. The van der Waals surface area contributed by atoms with Crippen molar-refractivity contribution >= 4 is 49.4 Å². The standard InChI is InChI=1S/C15H13BrN2S/c16-12-3-1-11-8-13(4-2-10(11)7-12)18-9-15-14(17)5-6-19-15/h1-8,18H,9,17H2. The van der Waals surface area contributed by atoms with Gasteiger partial charge in [0.2, 0.25) is 0 Å². The molecule has 0 bridgehead atoms. The second-order valence-electron chi connectivity index (χ2n) is 4.36. The number of hydrogen-bond acceptors (Lipinski definition) is 3. The van der Waals surface area contributed by atoms with Gasteiger partial charge in [-0.25, -0.2) is 0 Å². The minimum absolute atomic E-state index is 0.769. The summed E-state index contributed by atoms with van der Waals surface area (Å²) in [4.78, 5) is 1.18. The van der Waals surface area contributed by atoms with E-state index in [1.54, 1.807) is 11.3 Å². The van der Waals surface area contributed by atoms with Crippen LogP contribution in [0.4, 0.5) is 11.4 Å². The minimum atomic E-state index is 0.769. The molecule has 3 aromatic rings. The molecule has 0 aliphatic rings. The van der Waals surface area contributed by atoms with Crippen molar-refractivity contribution in [1.82, 2.24) is 0 Å². The predicted octanol–water partition coefficient (Wildman–Crippen LogP) is 4.86. The number of hydrogen-bond donors (Lipinski definition) is 2. The second kappa shape index (κ2) is 5.23. The first-order valence-corrected chi connectivity index (χ1v) is 7.65. The summed E-state index contributed by atoms with van der Waals surface area (Å²) in [5.74, 6) is 0. The van der Waals surface area contributed by atoms with Crippen LogP contribution in [-0.4, -0.2) is 0 Å². The number of benzene rings is 2. The molecule has 0 amide bonds. The molecule has 0 unspecified atom stereocenters. The lowest BCUT2D eigenvalue weighted by Gasteiger charge is -2.07. The zero-order valence-corrected chi connectivity index (χ0v) is 12.6. The third-order valence-electron chi connectivity index (χ3n) is 3.04. The molecule has 19 heavy (non-hydrogen) atoms. The monoisotopic (exact) mass is 332 g/mol. The highest BCUT2D eigenvalue weighted by Crippen LogP contribution is 2.24. The molecule has 0 fully saturated rings. The van der Waals surface area contributed by atoms with Gasteiger partial charge < -0.3 is 11.1 Å². The molecule has 0 spiro atoms. The highest BCUT2D eigenvalue weighted by Gasteiger charge is 2.01. The zero-order chi connectivity index (χ0) is 13.2. The van der Waals surface area contributed by atoms with Gasteiger partial charge in [-0.15, -0.1) is 11.3 Å². The number of thiophene rings is 1. The number of halogens is 1. The molecule has 0 radical (unpaired) electrons. The molecule has 3 rings (SSSR count). The third-order valence-corrected chi connectivity index (χ3v) is 4.47. The molecule has 0 aliphatic carbocycles. The number of rotatable bonds is 3. The van der Waals surface area contributed by atoms with Gasteiger partial charge in [0.25, 0.3) is 0 Å². The fraction of sp³-hybridized carbons (Fsp3) is 0.0667. The Bertz CT molecular complexity index is 721. The number of anilines is 2. The van der Waals surface area contributed by atoms with E-state index in [1.807, 2.05) is 11.4 Å². The van der Waals surface area contributed by atoms with Gasteiger partial charge >= 0.3 is 0 Å². The van der Waals surface area contributed by atoms with E-state index in [0.717, 1.165) is 22.4 Å². The lowest BCUT2D eigenvalue weighted by molar-refractivity contribution is 1.20. The second-order valence-corrected chi connectivity index (χ2v) is 6.28. The molecule has 0 aliphatic heterocycles. The Balaban J connectivity index is 1.82. The highest BCUT2D eigenvalue weighted by molar-refractivity contribution is 9.10. The number of nitrogens with one attached hydrogen (secondary N) is 1. The van der Waals surface area contributed by atoms with Gasteiger partial charge in [-0.1, -0.05) is 28.1 Å². The van der Waals surface area contributed by atoms with Gasteiger partial charge in [-0.2, -0.15) is 0 Å². The van der Waals surface area contributed by atoms with E-state index in [4.69, 9.17) is 5.73 Å². The Morgan fingerprint density at radius 3 is 2.63 bits per heavy atom. The molecular formula is C15H13BrN2S. The van der Waals surface area contributed by atoms with E-state index in [0.29, 0.717) is 0 Å². The molecule has 0 saturated carbocycles. The zero-order valence-electron chi connectivity index (χ0n) is 10.2. The summed E-state index contributed by atoms with van der Waals surface area (Å²) in [6.45, 7) is 0.769. The molecule has 1 heterocycles. The molecule has 2 nitrogen and oxygen atoms in total. The van der Waals surface area contributed by atoms with E-state index in [1.165, 1.54) is 15.6 Å². The fourth-order valence-electron chi connectivity index (χ4n) is 2.00. The van der Waals surface area contributed by atoms with Crippen LogP contribution in [0.5, 0.6) is 0 Å². The highest BCUT2D eigenvalue weighted by atomic mass is 79.9. The lowest BCUT2D eigenvalue weighted by Crippen LogP contribution is -1.99. The summed E-state index contributed by atoms with van der Waals surface area (Å²) in [5.41, 5.74) is 7.85. The molecule has 0 atom stereocenters. The summed E-state index contributed by atoms with van der Waals surface area (Å²) in [6.07, 6.45) is 0. The summed E-state index contributed by atoms with van der Waals surface area (Å²) in [5, 5.41) is 7.89. The van der Waals surface area contributed by atoms with E-state index >= 15 is 0 Å². The van der Waals surface area contributed by atoms with Crippen LogP contribution >= 0.6 is 27.3 Å². The first-order chi connectivity index (χ1) is 9.22. The van der Waals surface area contributed by atoms with Crippen LogP contribution < -0.4 is 11.1 Å². The van der Waals surface area contributed by atoms with Gasteiger partial charge in [0.1, 0.15) is 0 Å². The number of fused-ring (bicyclic) bond motifs is 1. The van der Waals surface area contributed by atoms with E-state index in [2.05, 4.69) is 57.6 Å². The molecule has 1 aromatic heterocycles. The van der Waals surface area contributed by atoms with E-state index in [-0.39, 0.29) is 0 Å². The van der Waals surface area contributed by atoms with Crippen molar-refractivity contribution in [3.05, 3.63) is 57.2 Å². The average Bonchev–Trinajstić information content (AvgIpc) is 2.82. The van der Waals surface area contributed by atoms with E-state index in [9.17, 15) is 0 Å². The Kier molecular flexibility index (Phi) is 3.44. The van der Waals surface area contributed by atoms with Crippen LogP contribution in [0.2, 0.25) is 0 Å². The first kappa shape index (κ1) is 12.5. The molecule has 2 aromatic carbocycles. The van der Waals surface area contributed by atoms with Gasteiger partial charge in [0.15, 0.2) is 0 Å². The Labute approximate surface area is 124 Å². The summed E-state index contributed by atoms with van der Waals surface area (Å²) >= 11 is 5.17. The molecule has 4 heteroatoms. The Morgan fingerprint density at radius 1 is 1.05 bits per heavy atom. The van der Waals surface area contributed by atoms with Crippen LogP contribution in [0.1, 0.15) is 4.88 Å². The number of nitrogens with two attached hydrogens (primary N) is 1. The summed E-state index contributed by atoms with van der Waals surface area (Å²) in [6, 6.07) is 14.6. The van der Waals surface area contributed by atoms with Crippen LogP contribution in [0.3, 0.4) is 0 Å². The normalized spacial score (nSPS) is 10.8. The molecular weight excluding hydrogens is 320 g/mol. The van der Waals surface area contributed by atoms with E-state index < -0.39 is 0 Å². The van der Waals surface area contributed by atoms with Crippen molar-refractivity contribution in [2.24, 2.45) is 0 Å².